The Bertz CT molecular complexity index is 146. The Balaban J connectivity index is 2.90. The molecule has 2 heteroatoms. The molecule has 0 rings (SSSR count). The summed E-state index contributed by atoms with van der Waals surface area (Å²) in [5.74, 6) is 0.877. The lowest BCUT2D eigenvalue weighted by Gasteiger charge is -2.06. The summed E-state index contributed by atoms with van der Waals surface area (Å²) in [5.41, 5.74) is 5.46. The van der Waals surface area contributed by atoms with Crippen molar-refractivity contribution in [2.75, 3.05) is 19.6 Å². The standard InChI is InChI=1S/C16H36N2/c1-16(2)12-8-4-7-11-15-18-14-10-6-3-5-9-13-17/h16,18H,3-15,17H2,1-2H3. The van der Waals surface area contributed by atoms with Crippen LogP contribution < -0.4 is 11.1 Å². The first-order valence-electron chi connectivity index (χ1n) is 8.18. The molecule has 0 spiro atoms. The minimum atomic E-state index is 0.856. The van der Waals surface area contributed by atoms with Gasteiger partial charge in [-0.3, -0.25) is 0 Å². The van der Waals surface area contributed by atoms with Gasteiger partial charge in [0.25, 0.3) is 0 Å². The average molecular weight is 256 g/mol. The zero-order valence-electron chi connectivity index (χ0n) is 12.8. The maximum Gasteiger partial charge on any atom is -0.00489 e. The molecular weight excluding hydrogens is 220 g/mol. The molecule has 3 N–H and O–H groups in total. The Labute approximate surface area is 115 Å². The van der Waals surface area contributed by atoms with Crippen molar-refractivity contribution in [2.24, 2.45) is 11.7 Å². The fraction of sp³-hybridized carbons (Fsp3) is 1.00. The highest BCUT2D eigenvalue weighted by atomic mass is 14.8. The van der Waals surface area contributed by atoms with Crippen molar-refractivity contribution in [1.29, 1.82) is 0 Å². The summed E-state index contributed by atoms with van der Waals surface area (Å²) in [6, 6.07) is 0. The van der Waals surface area contributed by atoms with E-state index in [1.807, 2.05) is 0 Å². The molecule has 0 fully saturated rings. The Morgan fingerprint density at radius 2 is 1.22 bits per heavy atom. The molecule has 0 saturated carbocycles. The molecule has 18 heavy (non-hydrogen) atoms. The van der Waals surface area contributed by atoms with Gasteiger partial charge in [0.05, 0.1) is 0 Å². The van der Waals surface area contributed by atoms with Crippen molar-refractivity contribution in [2.45, 2.75) is 78.1 Å². The van der Waals surface area contributed by atoms with Crippen molar-refractivity contribution in [1.82, 2.24) is 5.32 Å². The molecular formula is C16H36N2. The fourth-order valence-electron chi connectivity index (χ4n) is 2.21. The normalized spacial score (nSPS) is 11.3. The summed E-state index contributed by atoms with van der Waals surface area (Å²) >= 11 is 0. The van der Waals surface area contributed by atoms with Crippen molar-refractivity contribution in [3.05, 3.63) is 0 Å². The van der Waals surface area contributed by atoms with Crippen LogP contribution in [0, 0.1) is 5.92 Å². The van der Waals surface area contributed by atoms with Crippen LogP contribution in [0.25, 0.3) is 0 Å². The van der Waals surface area contributed by atoms with Gasteiger partial charge in [-0.25, -0.2) is 0 Å². The predicted molar refractivity (Wildman–Crippen MR) is 82.9 cm³/mol. The summed E-state index contributed by atoms with van der Waals surface area (Å²) in [6.07, 6.45) is 13.5. The van der Waals surface area contributed by atoms with E-state index in [4.69, 9.17) is 5.73 Å². The van der Waals surface area contributed by atoms with Crippen LogP contribution in [0.4, 0.5) is 0 Å². The van der Waals surface area contributed by atoms with E-state index >= 15 is 0 Å². The van der Waals surface area contributed by atoms with Crippen LogP contribution in [-0.2, 0) is 0 Å². The first-order valence-corrected chi connectivity index (χ1v) is 8.18. The Morgan fingerprint density at radius 3 is 1.78 bits per heavy atom. The topological polar surface area (TPSA) is 38.0 Å². The van der Waals surface area contributed by atoms with Gasteiger partial charge in [0.1, 0.15) is 0 Å². The molecule has 0 heterocycles. The first-order chi connectivity index (χ1) is 8.77. The van der Waals surface area contributed by atoms with E-state index in [1.165, 1.54) is 77.3 Å². The largest absolute Gasteiger partial charge is 0.330 e. The molecule has 0 aliphatic rings. The van der Waals surface area contributed by atoms with E-state index in [9.17, 15) is 0 Å². The van der Waals surface area contributed by atoms with Gasteiger partial charge in [-0.1, -0.05) is 58.8 Å². The molecule has 0 aliphatic heterocycles. The van der Waals surface area contributed by atoms with Crippen LogP contribution in [0.1, 0.15) is 78.1 Å². The molecule has 0 bridgehead atoms. The van der Waals surface area contributed by atoms with Gasteiger partial charge < -0.3 is 11.1 Å². The fourth-order valence-corrected chi connectivity index (χ4v) is 2.21. The Kier molecular flexibility index (Phi) is 14.9. The monoisotopic (exact) mass is 256 g/mol. The maximum atomic E-state index is 5.46. The summed E-state index contributed by atoms with van der Waals surface area (Å²) in [6.45, 7) is 7.90. The lowest BCUT2D eigenvalue weighted by molar-refractivity contribution is 0.508. The van der Waals surface area contributed by atoms with Crippen LogP contribution in [0.5, 0.6) is 0 Å². The van der Waals surface area contributed by atoms with Gasteiger partial charge in [0.15, 0.2) is 0 Å². The molecule has 0 amide bonds. The third-order valence-electron chi connectivity index (χ3n) is 3.44. The molecule has 0 radical (unpaired) electrons. The molecule has 2 nitrogen and oxygen atoms in total. The van der Waals surface area contributed by atoms with Gasteiger partial charge in [-0.15, -0.1) is 0 Å². The van der Waals surface area contributed by atoms with Crippen LogP contribution in [0.15, 0.2) is 0 Å². The molecule has 110 valence electrons. The molecule has 0 saturated heterocycles. The molecule has 0 aromatic rings. The van der Waals surface area contributed by atoms with E-state index < -0.39 is 0 Å². The second-order valence-corrected chi connectivity index (χ2v) is 5.90. The summed E-state index contributed by atoms with van der Waals surface area (Å²) in [4.78, 5) is 0. The number of rotatable bonds is 14. The molecule has 0 unspecified atom stereocenters. The average Bonchev–Trinajstić information content (AvgIpc) is 2.34. The minimum absolute atomic E-state index is 0.856. The first kappa shape index (κ1) is 17.9. The SMILES string of the molecule is CC(C)CCCCCCNCCCCCCCN. The third-order valence-corrected chi connectivity index (χ3v) is 3.44. The van der Waals surface area contributed by atoms with Crippen LogP contribution in [-0.4, -0.2) is 19.6 Å². The maximum absolute atomic E-state index is 5.46. The van der Waals surface area contributed by atoms with E-state index in [-0.39, 0.29) is 0 Å². The van der Waals surface area contributed by atoms with Crippen molar-refractivity contribution in [3.63, 3.8) is 0 Å². The van der Waals surface area contributed by atoms with Gasteiger partial charge in [-0.2, -0.15) is 0 Å². The van der Waals surface area contributed by atoms with E-state index in [1.54, 1.807) is 0 Å². The summed E-state index contributed by atoms with van der Waals surface area (Å²) in [7, 11) is 0. The van der Waals surface area contributed by atoms with Crippen molar-refractivity contribution < 1.29 is 0 Å². The van der Waals surface area contributed by atoms with Crippen LogP contribution in [0.2, 0.25) is 0 Å². The zero-order chi connectivity index (χ0) is 13.5. The van der Waals surface area contributed by atoms with Gasteiger partial charge in [0.2, 0.25) is 0 Å². The second-order valence-electron chi connectivity index (χ2n) is 5.90. The minimum Gasteiger partial charge on any atom is -0.330 e. The number of unbranched alkanes of at least 4 members (excludes halogenated alkanes) is 7. The Morgan fingerprint density at radius 1 is 0.722 bits per heavy atom. The van der Waals surface area contributed by atoms with Gasteiger partial charge in [0, 0.05) is 0 Å². The van der Waals surface area contributed by atoms with Crippen LogP contribution >= 0.6 is 0 Å². The molecule has 0 atom stereocenters. The predicted octanol–water partition coefficient (Wildman–Crippen LogP) is 4.09. The van der Waals surface area contributed by atoms with E-state index in [0.717, 1.165) is 12.5 Å². The van der Waals surface area contributed by atoms with E-state index in [0.29, 0.717) is 0 Å². The quantitative estimate of drug-likeness (QED) is 0.459. The van der Waals surface area contributed by atoms with Gasteiger partial charge >= 0.3 is 0 Å². The molecule has 0 aromatic heterocycles. The number of hydrogen-bond acceptors (Lipinski definition) is 2. The third kappa shape index (κ3) is 15.9. The molecule has 0 aliphatic carbocycles. The zero-order valence-corrected chi connectivity index (χ0v) is 12.8. The smallest absolute Gasteiger partial charge is 0.00489 e. The van der Waals surface area contributed by atoms with Gasteiger partial charge in [-0.05, 0) is 44.8 Å². The number of nitrogens with one attached hydrogen (secondary N) is 1. The van der Waals surface area contributed by atoms with Crippen molar-refractivity contribution >= 4 is 0 Å². The van der Waals surface area contributed by atoms with Crippen LogP contribution in [0.3, 0.4) is 0 Å². The highest BCUT2D eigenvalue weighted by Crippen LogP contribution is 2.09. The summed E-state index contributed by atoms with van der Waals surface area (Å²) in [5, 5.41) is 3.55. The highest BCUT2D eigenvalue weighted by Gasteiger charge is 1.94. The lowest BCUT2D eigenvalue weighted by Crippen LogP contribution is -2.16. The second kappa shape index (κ2) is 15.0. The van der Waals surface area contributed by atoms with Crippen molar-refractivity contribution in [3.8, 4) is 0 Å². The summed E-state index contributed by atoms with van der Waals surface area (Å²) < 4.78 is 0. The lowest BCUT2D eigenvalue weighted by atomic mass is 10.0. The number of nitrogens with two attached hydrogens (primary N) is 1. The highest BCUT2D eigenvalue weighted by molar-refractivity contribution is 4.52. The molecule has 0 aromatic carbocycles. The number of hydrogen-bond donors (Lipinski definition) is 2. The Hall–Kier alpha value is -0.0800. The van der Waals surface area contributed by atoms with E-state index in [2.05, 4.69) is 19.2 Å².